The molecule has 8 heteroatoms. The molecular formula is C16H15F3N4O. The highest BCUT2D eigenvalue weighted by Crippen LogP contribution is 2.36. The van der Waals surface area contributed by atoms with Crippen LogP contribution in [0.5, 0.6) is 5.88 Å². The standard InChI is InChI=1S/C16H15F3N4O/c1-3-8-24-14-13(16(17,18)19)10-21-15(22-14)23(2)12-6-4-11(9-20)5-7-12/h4-7,10H,3,8H2,1-2H3. The molecule has 0 atom stereocenters. The van der Waals surface area contributed by atoms with Gasteiger partial charge in [0.25, 0.3) is 0 Å². The lowest BCUT2D eigenvalue weighted by Gasteiger charge is -2.19. The van der Waals surface area contributed by atoms with Gasteiger partial charge in [-0.3, -0.25) is 0 Å². The zero-order valence-electron chi connectivity index (χ0n) is 13.1. The SMILES string of the molecule is CCCOc1nc(N(C)c2ccc(C#N)cc2)ncc1C(F)(F)F. The Morgan fingerprint density at radius 3 is 2.46 bits per heavy atom. The number of halogens is 3. The first kappa shape index (κ1) is 17.5. The van der Waals surface area contributed by atoms with Gasteiger partial charge in [0.05, 0.1) is 18.2 Å². The minimum atomic E-state index is -4.59. The molecule has 0 aliphatic heterocycles. The van der Waals surface area contributed by atoms with Crippen molar-refractivity contribution < 1.29 is 17.9 Å². The average Bonchev–Trinajstić information content (AvgIpc) is 2.58. The number of aromatic nitrogens is 2. The lowest BCUT2D eigenvalue weighted by Crippen LogP contribution is -2.17. The highest BCUT2D eigenvalue weighted by molar-refractivity contribution is 5.58. The lowest BCUT2D eigenvalue weighted by atomic mass is 10.2. The van der Waals surface area contributed by atoms with Gasteiger partial charge in [0.1, 0.15) is 5.56 Å². The molecular weight excluding hydrogens is 321 g/mol. The van der Waals surface area contributed by atoms with Crippen LogP contribution in [0.3, 0.4) is 0 Å². The number of nitriles is 1. The van der Waals surface area contributed by atoms with Crippen LogP contribution in [0.2, 0.25) is 0 Å². The van der Waals surface area contributed by atoms with E-state index in [-0.39, 0.29) is 12.6 Å². The van der Waals surface area contributed by atoms with E-state index >= 15 is 0 Å². The number of hydrogen-bond donors (Lipinski definition) is 0. The normalized spacial score (nSPS) is 11.0. The first-order valence-electron chi connectivity index (χ1n) is 7.17. The van der Waals surface area contributed by atoms with Crippen LogP contribution in [0.25, 0.3) is 0 Å². The Morgan fingerprint density at radius 2 is 1.92 bits per heavy atom. The quantitative estimate of drug-likeness (QED) is 0.828. The van der Waals surface area contributed by atoms with Gasteiger partial charge in [-0.15, -0.1) is 0 Å². The largest absolute Gasteiger partial charge is 0.477 e. The topological polar surface area (TPSA) is 62.0 Å². The molecule has 0 radical (unpaired) electrons. The van der Waals surface area contributed by atoms with E-state index < -0.39 is 17.6 Å². The van der Waals surface area contributed by atoms with Crippen molar-refractivity contribution >= 4 is 11.6 Å². The summed E-state index contributed by atoms with van der Waals surface area (Å²) in [5, 5.41) is 8.80. The van der Waals surface area contributed by atoms with Gasteiger partial charge in [0.2, 0.25) is 11.8 Å². The Bertz CT molecular complexity index is 738. The Kier molecular flexibility index (Phi) is 5.24. The van der Waals surface area contributed by atoms with Crippen LogP contribution in [0, 0.1) is 11.3 Å². The first-order chi connectivity index (χ1) is 11.4. The number of anilines is 2. The monoisotopic (exact) mass is 336 g/mol. The molecule has 2 aromatic rings. The van der Waals surface area contributed by atoms with Crippen molar-refractivity contribution in [2.24, 2.45) is 0 Å². The Morgan fingerprint density at radius 1 is 1.25 bits per heavy atom. The van der Waals surface area contributed by atoms with Gasteiger partial charge >= 0.3 is 6.18 Å². The number of ether oxygens (including phenoxy) is 1. The summed E-state index contributed by atoms with van der Waals surface area (Å²) in [5.74, 6) is -0.423. The highest BCUT2D eigenvalue weighted by atomic mass is 19.4. The van der Waals surface area contributed by atoms with Crippen LogP contribution in [0.15, 0.2) is 30.5 Å². The molecule has 0 fully saturated rings. The van der Waals surface area contributed by atoms with Crippen molar-refractivity contribution in [3.63, 3.8) is 0 Å². The fourth-order valence-electron chi connectivity index (χ4n) is 1.90. The zero-order chi connectivity index (χ0) is 17.7. The third-order valence-electron chi connectivity index (χ3n) is 3.17. The maximum atomic E-state index is 13.0. The smallest absolute Gasteiger partial charge is 0.423 e. The van der Waals surface area contributed by atoms with E-state index in [0.717, 1.165) is 0 Å². The van der Waals surface area contributed by atoms with E-state index in [9.17, 15) is 13.2 Å². The molecule has 0 spiro atoms. The Hall–Kier alpha value is -2.82. The predicted molar refractivity (Wildman–Crippen MR) is 82.0 cm³/mol. The van der Waals surface area contributed by atoms with Gasteiger partial charge in [0.15, 0.2) is 0 Å². The third-order valence-corrected chi connectivity index (χ3v) is 3.17. The van der Waals surface area contributed by atoms with Crippen LogP contribution < -0.4 is 9.64 Å². The molecule has 0 N–H and O–H groups in total. The number of benzene rings is 1. The van der Waals surface area contributed by atoms with E-state index in [1.807, 2.05) is 6.07 Å². The fourth-order valence-corrected chi connectivity index (χ4v) is 1.90. The molecule has 0 aliphatic carbocycles. The molecule has 1 aromatic heterocycles. The van der Waals surface area contributed by atoms with E-state index in [1.54, 1.807) is 38.2 Å². The second kappa shape index (κ2) is 7.17. The van der Waals surface area contributed by atoms with E-state index in [4.69, 9.17) is 10.00 Å². The second-order valence-electron chi connectivity index (χ2n) is 4.95. The van der Waals surface area contributed by atoms with E-state index in [0.29, 0.717) is 23.9 Å². The molecule has 0 bridgehead atoms. The van der Waals surface area contributed by atoms with Crippen LogP contribution in [-0.2, 0) is 6.18 Å². The van der Waals surface area contributed by atoms with E-state index in [2.05, 4.69) is 9.97 Å². The van der Waals surface area contributed by atoms with Gasteiger partial charge in [0, 0.05) is 18.9 Å². The average molecular weight is 336 g/mol. The Balaban J connectivity index is 2.37. The lowest BCUT2D eigenvalue weighted by molar-refractivity contribution is -0.139. The number of rotatable bonds is 5. The molecule has 1 aromatic carbocycles. The number of hydrogen-bond acceptors (Lipinski definition) is 5. The molecule has 126 valence electrons. The van der Waals surface area contributed by atoms with Crippen LogP contribution in [-0.4, -0.2) is 23.6 Å². The predicted octanol–water partition coefficient (Wildman–Crippen LogP) is 3.92. The molecule has 2 rings (SSSR count). The zero-order valence-corrected chi connectivity index (χ0v) is 13.1. The molecule has 0 amide bonds. The van der Waals surface area contributed by atoms with Gasteiger partial charge in [-0.1, -0.05) is 6.92 Å². The number of nitrogens with zero attached hydrogens (tertiary/aromatic N) is 4. The summed E-state index contributed by atoms with van der Waals surface area (Å²) in [6.07, 6.45) is -3.32. The van der Waals surface area contributed by atoms with Crippen LogP contribution in [0.4, 0.5) is 24.8 Å². The van der Waals surface area contributed by atoms with Crippen molar-refractivity contribution in [1.29, 1.82) is 5.26 Å². The molecule has 0 unspecified atom stereocenters. The molecule has 0 saturated carbocycles. The van der Waals surface area contributed by atoms with Crippen LogP contribution >= 0.6 is 0 Å². The van der Waals surface area contributed by atoms with Crippen molar-refractivity contribution in [2.45, 2.75) is 19.5 Å². The van der Waals surface area contributed by atoms with Gasteiger partial charge in [-0.05, 0) is 30.7 Å². The maximum absolute atomic E-state index is 13.0. The van der Waals surface area contributed by atoms with Crippen molar-refractivity contribution in [1.82, 2.24) is 9.97 Å². The Labute approximate surface area is 137 Å². The minimum Gasteiger partial charge on any atom is -0.477 e. The molecule has 0 saturated heterocycles. The summed E-state index contributed by atoms with van der Waals surface area (Å²) < 4.78 is 44.2. The molecule has 1 heterocycles. The van der Waals surface area contributed by atoms with Crippen LogP contribution in [0.1, 0.15) is 24.5 Å². The summed E-state index contributed by atoms with van der Waals surface area (Å²) in [6, 6.07) is 8.52. The van der Waals surface area contributed by atoms with Gasteiger partial charge in [-0.25, -0.2) is 4.98 Å². The van der Waals surface area contributed by atoms with E-state index in [1.165, 1.54) is 4.90 Å². The van der Waals surface area contributed by atoms with Crippen molar-refractivity contribution in [3.8, 4) is 11.9 Å². The maximum Gasteiger partial charge on any atom is 0.423 e. The minimum absolute atomic E-state index is 0.0683. The van der Waals surface area contributed by atoms with Crippen molar-refractivity contribution in [3.05, 3.63) is 41.6 Å². The molecule has 5 nitrogen and oxygen atoms in total. The third kappa shape index (κ3) is 3.93. The summed E-state index contributed by atoms with van der Waals surface area (Å²) in [4.78, 5) is 9.20. The summed E-state index contributed by atoms with van der Waals surface area (Å²) in [7, 11) is 1.62. The highest BCUT2D eigenvalue weighted by Gasteiger charge is 2.36. The summed E-state index contributed by atoms with van der Waals surface area (Å²) in [6.45, 7) is 1.92. The first-order valence-corrected chi connectivity index (χ1v) is 7.17. The van der Waals surface area contributed by atoms with Gasteiger partial charge in [-0.2, -0.15) is 23.4 Å². The van der Waals surface area contributed by atoms with Crippen molar-refractivity contribution in [2.75, 3.05) is 18.6 Å². The summed E-state index contributed by atoms with van der Waals surface area (Å²) >= 11 is 0. The van der Waals surface area contributed by atoms with Gasteiger partial charge < -0.3 is 9.64 Å². The number of alkyl halides is 3. The second-order valence-corrected chi connectivity index (χ2v) is 4.95. The fraction of sp³-hybridized carbons (Fsp3) is 0.312. The molecule has 24 heavy (non-hydrogen) atoms. The molecule has 0 aliphatic rings. The summed E-state index contributed by atoms with van der Waals surface area (Å²) in [5.41, 5.74) is 0.107.